The zero-order valence-electron chi connectivity index (χ0n) is 10.3. The molecule has 0 aliphatic rings. The van der Waals surface area contributed by atoms with Crippen LogP contribution in [0.5, 0.6) is 0 Å². The van der Waals surface area contributed by atoms with E-state index in [-0.39, 0.29) is 5.91 Å². The Bertz CT molecular complexity index is 751. The Balaban J connectivity index is 1.89. The molecule has 0 bridgehead atoms. The molecule has 0 aliphatic heterocycles. The Hall–Kier alpha value is -2.27. The normalized spacial score (nSPS) is 10.6. The average Bonchev–Trinajstić information content (AvgIpc) is 2.85. The van der Waals surface area contributed by atoms with Crippen LogP contribution < -0.4 is 5.32 Å². The molecule has 2 aromatic heterocycles. The van der Waals surface area contributed by atoms with E-state index < -0.39 is 0 Å². The largest absolute Gasteiger partial charge is 0.321 e. The minimum Gasteiger partial charge on any atom is -0.321 e. The Morgan fingerprint density at radius 3 is 2.95 bits per heavy atom. The van der Waals surface area contributed by atoms with Crippen LogP contribution in [0.15, 0.2) is 42.0 Å². The van der Waals surface area contributed by atoms with Crippen LogP contribution in [-0.2, 0) is 0 Å². The van der Waals surface area contributed by atoms with E-state index in [4.69, 9.17) is 0 Å². The van der Waals surface area contributed by atoms with E-state index in [0.29, 0.717) is 4.88 Å². The maximum absolute atomic E-state index is 12.1. The monoisotopic (exact) mass is 269 g/mol. The fourth-order valence-corrected chi connectivity index (χ4v) is 2.56. The first-order valence-electron chi connectivity index (χ1n) is 5.80. The lowest BCUT2D eigenvalue weighted by atomic mass is 10.2. The first-order valence-corrected chi connectivity index (χ1v) is 6.68. The summed E-state index contributed by atoms with van der Waals surface area (Å²) in [5, 5.41) is 3.88. The molecule has 0 fully saturated rings. The second-order valence-corrected chi connectivity index (χ2v) is 4.99. The first kappa shape index (κ1) is 11.8. The van der Waals surface area contributed by atoms with Gasteiger partial charge in [0.25, 0.3) is 5.91 Å². The van der Waals surface area contributed by atoms with E-state index in [1.807, 2.05) is 37.3 Å². The molecule has 0 aliphatic carbocycles. The summed E-state index contributed by atoms with van der Waals surface area (Å²) in [4.78, 5) is 21.0. The summed E-state index contributed by atoms with van der Waals surface area (Å²) in [5.41, 5.74) is 4.10. The Morgan fingerprint density at radius 2 is 2.16 bits per heavy atom. The number of pyridine rings is 1. The van der Waals surface area contributed by atoms with Crippen molar-refractivity contribution in [3.63, 3.8) is 0 Å². The highest BCUT2D eigenvalue weighted by Crippen LogP contribution is 2.19. The summed E-state index contributed by atoms with van der Waals surface area (Å²) in [7, 11) is 0. The van der Waals surface area contributed by atoms with Gasteiger partial charge in [0.2, 0.25) is 0 Å². The molecule has 0 spiro atoms. The fourth-order valence-electron chi connectivity index (χ4n) is 1.86. The van der Waals surface area contributed by atoms with Gasteiger partial charge in [-0.05, 0) is 31.2 Å². The quantitative estimate of drug-likeness (QED) is 0.777. The molecule has 0 radical (unpaired) electrons. The number of rotatable bonds is 2. The number of hydrogen-bond acceptors (Lipinski definition) is 4. The number of carbonyl (C=O) groups excluding carboxylic acids is 1. The Kier molecular flexibility index (Phi) is 2.97. The summed E-state index contributed by atoms with van der Waals surface area (Å²) < 4.78 is 0. The molecule has 0 saturated heterocycles. The van der Waals surface area contributed by atoms with Crippen LogP contribution in [0.2, 0.25) is 0 Å². The number of fused-ring (bicyclic) bond motifs is 1. The van der Waals surface area contributed by atoms with Crippen molar-refractivity contribution in [3.05, 3.63) is 52.6 Å². The molecule has 19 heavy (non-hydrogen) atoms. The Morgan fingerprint density at radius 1 is 1.26 bits per heavy atom. The van der Waals surface area contributed by atoms with Gasteiger partial charge in [-0.3, -0.25) is 9.78 Å². The first-order chi connectivity index (χ1) is 9.24. The third-order valence-corrected chi connectivity index (χ3v) is 3.74. The number of thiazole rings is 1. The van der Waals surface area contributed by atoms with E-state index in [1.54, 1.807) is 11.7 Å². The van der Waals surface area contributed by atoms with Crippen LogP contribution in [0.4, 0.5) is 5.69 Å². The van der Waals surface area contributed by atoms with Gasteiger partial charge in [-0.25, -0.2) is 4.98 Å². The molecule has 1 aromatic carbocycles. The number of carbonyl (C=O) groups is 1. The van der Waals surface area contributed by atoms with Gasteiger partial charge in [0.1, 0.15) is 4.88 Å². The number of anilines is 1. The van der Waals surface area contributed by atoms with E-state index in [1.165, 1.54) is 11.3 Å². The number of aromatic nitrogens is 2. The van der Waals surface area contributed by atoms with Gasteiger partial charge in [0.05, 0.1) is 16.7 Å². The molecule has 0 atom stereocenters. The number of hydrogen-bond donors (Lipinski definition) is 1. The van der Waals surface area contributed by atoms with Crippen LogP contribution in [0.3, 0.4) is 0 Å². The van der Waals surface area contributed by atoms with Gasteiger partial charge < -0.3 is 5.32 Å². The third kappa shape index (κ3) is 2.32. The summed E-state index contributed by atoms with van der Waals surface area (Å²) in [5.74, 6) is -0.122. The van der Waals surface area contributed by atoms with Crippen LogP contribution in [0.1, 0.15) is 15.4 Å². The molecule has 4 nitrogen and oxygen atoms in total. The zero-order chi connectivity index (χ0) is 13.2. The van der Waals surface area contributed by atoms with Crippen molar-refractivity contribution in [2.45, 2.75) is 6.92 Å². The van der Waals surface area contributed by atoms with Crippen molar-refractivity contribution in [2.75, 3.05) is 5.32 Å². The lowest BCUT2D eigenvalue weighted by Crippen LogP contribution is -2.11. The average molecular weight is 269 g/mol. The lowest BCUT2D eigenvalue weighted by molar-refractivity contribution is 0.103. The molecule has 0 saturated carbocycles. The molecular weight excluding hydrogens is 258 g/mol. The standard InChI is InChI=1S/C14H11N3OS/c1-9-13(19-8-16-9)14(18)17-11-4-5-12-10(7-11)3-2-6-15-12/h2-8H,1H3,(H,17,18). The van der Waals surface area contributed by atoms with Gasteiger partial charge >= 0.3 is 0 Å². The van der Waals surface area contributed by atoms with Crippen molar-refractivity contribution < 1.29 is 4.79 Å². The highest BCUT2D eigenvalue weighted by atomic mass is 32.1. The van der Waals surface area contributed by atoms with Crippen molar-refractivity contribution in [1.82, 2.24) is 9.97 Å². The third-order valence-electron chi connectivity index (χ3n) is 2.81. The summed E-state index contributed by atoms with van der Waals surface area (Å²) in [6, 6.07) is 9.50. The van der Waals surface area contributed by atoms with Gasteiger partial charge in [0.15, 0.2) is 0 Å². The minimum absolute atomic E-state index is 0.122. The predicted molar refractivity (Wildman–Crippen MR) is 76.5 cm³/mol. The van der Waals surface area contributed by atoms with Crippen LogP contribution in [0.25, 0.3) is 10.9 Å². The van der Waals surface area contributed by atoms with Crippen molar-refractivity contribution in [1.29, 1.82) is 0 Å². The SMILES string of the molecule is Cc1ncsc1C(=O)Nc1ccc2ncccc2c1. The molecule has 0 unspecified atom stereocenters. The molecule has 3 rings (SSSR count). The molecule has 1 amide bonds. The van der Waals surface area contributed by atoms with Gasteiger partial charge in [-0.1, -0.05) is 6.07 Å². The highest BCUT2D eigenvalue weighted by Gasteiger charge is 2.11. The van der Waals surface area contributed by atoms with Crippen molar-refractivity contribution in [3.8, 4) is 0 Å². The molecule has 1 N–H and O–H groups in total. The maximum atomic E-state index is 12.1. The molecular formula is C14H11N3OS. The molecule has 94 valence electrons. The zero-order valence-corrected chi connectivity index (χ0v) is 11.1. The van der Waals surface area contributed by atoms with Crippen LogP contribution >= 0.6 is 11.3 Å². The van der Waals surface area contributed by atoms with Crippen molar-refractivity contribution in [2.24, 2.45) is 0 Å². The summed E-state index contributed by atoms with van der Waals surface area (Å²) >= 11 is 1.35. The number of amides is 1. The van der Waals surface area contributed by atoms with Crippen molar-refractivity contribution >= 4 is 33.8 Å². The highest BCUT2D eigenvalue weighted by molar-refractivity contribution is 7.12. The molecule has 3 aromatic rings. The fraction of sp³-hybridized carbons (Fsp3) is 0.0714. The maximum Gasteiger partial charge on any atom is 0.267 e. The second kappa shape index (κ2) is 4.78. The minimum atomic E-state index is -0.122. The topological polar surface area (TPSA) is 54.9 Å². The van der Waals surface area contributed by atoms with Gasteiger partial charge in [-0.2, -0.15) is 0 Å². The van der Waals surface area contributed by atoms with Gasteiger partial charge in [-0.15, -0.1) is 11.3 Å². The number of nitrogens with zero attached hydrogens (tertiary/aromatic N) is 2. The van der Waals surface area contributed by atoms with E-state index >= 15 is 0 Å². The van der Waals surface area contributed by atoms with E-state index in [2.05, 4.69) is 15.3 Å². The summed E-state index contributed by atoms with van der Waals surface area (Å²) in [6.07, 6.45) is 1.75. The van der Waals surface area contributed by atoms with E-state index in [9.17, 15) is 4.79 Å². The molecule has 2 heterocycles. The lowest BCUT2D eigenvalue weighted by Gasteiger charge is -2.05. The Labute approximate surface area is 114 Å². The smallest absolute Gasteiger partial charge is 0.267 e. The van der Waals surface area contributed by atoms with Crippen LogP contribution in [-0.4, -0.2) is 15.9 Å². The second-order valence-electron chi connectivity index (χ2n) is 4.13. The van der Waals surface area contributed by atoms with E-state index in [0.717, 1.165) is 22.3 Å². The number of nitrogens with one attached hydrogen (secondary N) is 1. The molecule has 5 heteroatoms. The van der Waals surface area contributed by atoms with Crippen LogP contribution in [0, 0.1) is 6.92 Å². The predicted octanol–water partition coefficient (Wildman–Crippen LogP) is 3.25. The van der Waals surface area contributed by atoms with Gasteiger partial charge in [0, 0.05) is 17.3 Å². The summed E-state index contributed by atoms with van der Waals surface area (Å²) in [6.45, 7) is 1.83. The number of benzene rings is 1. The number of aryl methyl sites for hydroxylation is 1.